The van der Waals surface area contributed by atoms with Gasteiger partial charge < -0.3 is 5.32 Å². The highest BCUT2D eigenvalue weighted by molar-refractivity contribution is 4.49. The normalized spacial score (nSPS) is 10.7. The van der Waals surface area contributed by atoms with Crippen molar-refractivity contribution in [3.8, 4) is 0 Å². The SMILES string of the molecule is CC(C)CCNCC[O]. The quantitative estimate of drug-likeness (QED) is 0.554. The lowest BCUT2D eigenvalue weighted by Gasteiger charge is -2.03. The Morgan fingerprint density at radius 2 is 2.00 bits per heavy atom. The van der Waals surface area contributed by atoms with Gasteiger partial charge in [0.2, 0.25) is 0 Å². The van der Waals surface area contributed by atoms with E-state index in [1.165, 1.54) is 6.42 Å². The molecule has 1 N–H and O–H groups in total. The zero-order chi connectivity index (χ0) is 7.11. The van der Waals surface area contributed by atoms with E-state index in [0.717, 1.165) is 12.5 Å². The summed E-state index contributed by atoms with van der Waals surface area (Å²) in [6.45, 7) is 5.96. The molecule has 0 saturated carbocycles. The van der Waals surface area contributed by atoms with Crippen molar-refractivity contribution < 1.29 is 5.11 Å². The second-order valence-electron chi connectivity index (χ2n) is 2.64. The molecule has 1 radical (unpaired) electrons. The average Bonchev–Trinajstić information content (AvgIpc) is 1.80. The minimum atomic E-state index is -0.00189. The van der Waals surface area contributed by atoms with Gasteiger partial charge in [-0.1, -0.05) is 13.8 Å². The number of hydrogen-bond acceptors (Lipinski definition) is 1. The van der Waals surface area contributed by atoms with Crippen LogP contribution in [0.15, 0.2) is 0 Å². The molecule has 0 atom stereocenters. The fourth-order valence-electron chi connectivity index (χ4n) is 0.588. The highest BCUT2D eigenvalue weighted by Crippen LogP contribution is 1.95. The fourth-order valence-corrected chi connectivity index (χ4v) is 0.588. The van der Waals surface area contributed by atoms with E-state index in [-0.39, 0.29) is 6.61 Å². The van der Waals surface area contributed by atoms with Crippen LogP contribution in [0, 0.1) is 5.92 Å². The van der Waals surface area contributed by atoms with Crippen LogP contribution in [0.2, 0.25) is 0 Å². The summed E-state index contributed by atoms with van der Waals surface area (Å²) in [7, 11) is 0. The molecule has 0 fully saturated rings. The Balaban J connectivity index is 2.75. The van der Waals surface area contributed by atoms with Crippen LogP contribution in [0.3, 0.4) is 0 Å². The first-order chi connectivity index (χ1) is 4.27. The van der Waals surface area contributed by atoms with Gasteiger partial charge >= 0.3 is 0 Å². The van der Waals surface area contributed by atoms with Gasteiger partial charge in [-0.2, -0.15) is 0 Å². The Morgan fingerprint density at radius 1 is 1.33 bits per heavy atom. The number of rotatable bonds is 5. The molecular weight excluding hydrogens is 114 g/mol. The minimum absolute atomic E-state index is 0.00189. The Morgan fingerprint density at radius 3 is 2.44 bits per heavy atom. The standard InChI is InChI=1S/C7H16NO/c1-7(2)3-4-8-5-6-9/h7-8H,3-6H2,1-2H3. The Labute approximate surface area is 57.3 Å². The largest absolute Gasteiger partial charge is 0.314 e. The van der Waals surface area contributed by atoms with Gasteiger partial charge in [-0.25, -0.2) is 5.11 Å². The Bertz CT molecular complexity index is 54.9. The lowest BCUT2D eigenvalue weighted by molar-refractivity contribution is 0.193. The predicted molar refractivity (Wildman–Crippen MR) is 37.9 cm³/mol. The van der Waals surface area contributed by atoms with E-state index in [1.807, 2.05) is 0 Å². The topological polar surface area (TPSA) is 31.9 Å². The highest BCUT2D eigenvalue weighted by Gasteiger charge is 1.91. The van der Waals surface area contributed by atoms with Crippen molar-refractivity contribution in [1.29, 1.82) is 0 Å². The third-order valence-electron chi connectivity index (χ3n) is 1.18. The van der Waals surface area contributed by atoms with Gasteiger partial charge in [0, 0.05) is 6.54 Å². The molecule has 0 aromatic rings. The molecule has 0 bridgehead atoms. The molecule has 0 amide bonds. The molecule has 0 aliphatic rings. The molecule has 0 aromatic carbocycles. The monoisotopic (exact) mass is 130 g/mol. The summed E-state index contributed by atoms with van der Waals surface area (Å²) >= 11 is 0. The molecule has 2 heteroatoms. The Hall–Kier alpha value is -0.0800. The van der Waals surface area contributed by atoms with Crippen LogP contribution in [0.25, 0.3) is 0 Å². The maximum atomic E-state index is 9.91. The molecule has 2 nitrogen and oxygen atoms in total. The lowest BCUT2D eigenvalue weighted by atomic mass is 10.1. The summed E-state index contributed by atoms with van der Waals surface area (Å²) in [4.78, 5) is 0. The Kier molecular flexibility index (Phi) is 5.99. The minimum Gasteiger partial charge on any atom is -0.314 e. The molecule has 0 heterocycles. The molecule has 0 aromatic heterocycles. The van der Waals surface area contributed by atoms with Crippen LogP contribution < -0.4 is 5.32 Å². The third-order valence-corrected chi connectivity index (χ3v) is 1.18. The summed E-state index contributed by atoms with van der Waals surface area (Å²) in [5.74, 6) is 0.740. The summed E-state index contributed by atoms with van der Waals surface area (Å²) < 4.78 is 0. The van der Waals surface area contributed by atoms with Gasteiger partial charge in [0.1, 0.15) is 0 Å². The van der Waals surface area contributed by atoms with Gasteiger partial charge in [-0.3, -0.25) is 0 Å². The van der Waals surface area contributed by atoms with E-state index in [2.05, 4.69) is 19.2 Å². The van der Waals surface area contributed by atoms with Crippen LogP contribution in [0.1, 0.15) is 20.3 Å². The fraction of sp³-hybridized carbons (Fsp3) is 1.00. The summed E-state index contributed by atoms with van der Waals surface area (Å²) in [5.41, 5.74) is 0. The van der Waals surface area contributed by atoms with Crippen molar-refractivity contribution in [3.63, 3.8) is 0 Å². The van der Waals surface area contributed by atoms with Crippen molar-refractivity contribution in [2.75, 3.05) is 19.7 Å². The first-order valence-corrected chi connectivity index (χ1v) is 3.56. The number of hydrogen-bond donors (Lipinski definition) is 1. The molecule has 0 spiro atoms. The predicted octanol–water partition coefficient (Wildman–Crippen LogP) is 1.05. The van der Waals surface area contributed by atoms with E-state index in [9.17, 15) is 5.11 Å². The van der Waals surface area contributed by atoms with Crippen molar-refractivity contribution in [3.05, 3.63) is 0 Å². The average molecular weight is 130 g/mol. The maximum Gasteiger partial charge on any atom is 0.0946 e. The van der Waals surface area contributed by atoms with Crippen molar-refractivity contribution in [2.45, 2.75) is 20.3 Å². The van der Waals surface area contributed by atoms with Gasteiger partial charge in [0.25, 0.3) is 0 Å². The van der Waals surface area contributed by atoms with E-state index in [4.69, 9.17) is 0 Å². The summed E-state index contributed by atoms with van der Waals surface area (Å²) in [5, 5.41) is 13.0. The summed E-state index contributed by atoms with van der Waals surface area (Å²) in [6.07, 6.45) is 1.17. The van der Waals surface area contributed by atoms with Crippen molar-refractivity contribution in [1.82, 2.24) is 5.32 Å². The van der Waals surface area contributed by atoms with Crippen LogP contribution in [0.4, 0.5) is 0 Å². The van der Waals surface area contributed by atoms with Crippen molar-refractivity contribution >= 4 is 0 Å². The van der Waals surface area contributed by atoms with E-state index >= 15 is 0 Å². The molecule has 55 valence electrons. The van der Waals surface area contributed by atoms with Gasteiger partial charge in [-0.15, -0.1) is 0 Å². The van der Waals surface area contributed by atoms with Crippen molar-refractivity contribution in [2.24, 2.45) is 5.92 Å². The molecule has 0 aliphatic carbocycles. The molecular formula is C7H16NO. The molecule has 9 heavy (non-hydrogen) atoms. The zero-order valence-corrected chi connectivity index (χ0v) is 6.31. The van der Waals surface area contributed by atoms with Crippen LogP contribution in [0.5, 0.6) is 0 Å². The van der Waals surface area contributed by atoms with Crippen LogP contribution >= 0.6 is 0 Å². The van der Waals surface area contributed by atoms with Crippen LogP contribution in [-0.4, -0.2) is 19.7 Å². The third kappa shape index (κ3) is 7.92. The summed E-state index contributed by atoms with van der Waals surface area (Å²) in [6, 6.07) is 0. The van der Waals surface area contributed by atoms with Crippen LogP contribution in [-0.2, 0) is 5.11 Å². The van der Waals surface area contributed by atoms with E-state index in [0.29, 0.717) is 6.54 Å². The van der Waals surface area contributed by atoms with E-state index < -0.39 is 0 Å². The first-order valence-electron chi connectivity index (χ1n) is 3.56. The first kappa shape index (κ1) is 8.92. The van der Waals surface area contributed by atoms with E-state index in [1.54, 1.807) is 0 Å². The highest BCUT2D eigenvalue weighted by atomic mass is 16.3. The smallest absolute Gasteiger partial charge is 0.0946 e. The van der Waals surface area contributed by atoms with Gasteiger partial charge in [0.05, 0.1) is 6.61 Å². The molecule has 0 unspecified atom stereocenters. The lowest BCUT2D eigenvalue weighted by Crippen LogP contribution is -2.19. The molecule has 0 aliphatic heterocycles. The molecule has 0 rings (SSSR count). The van der Waals surface area contributed by atoms with Gasteiger partial charge in [0.15, 0.2) is 0 Å². The number of nitrogens with one attached hydrogen (secondary N) is 1. The molecule has 0 saturated heterocycles. The van der Waals surface area contributed by atoms with Gasteiger partial charge in [-0.05, 0) is 18.9 Å². The zero-order valence-electron chi connectivity index (χ0n) is 6.31. The second-order valence-corrected chi connectivity index (χ2v) is 2.64. The maximum absolute atomic E-state index is 9.91. The second kappa shape index (κ2) is 6.05.